The highest BCUT2D eigenvalue weighted by Crippen LogP contribution is 2.33. The zero-order chi connectivity index (χ0) is 29.1. The van der Waals surface area contributed by atoms with Crippen LogP contribution in [-0.4, -0.2) is 23.9 Å². The lowest BCUT2D eigenvalue weighted by molar-refractivity contribution is 0.0966. The Morgan fingerprint density at radius 2 is 1.75 bits per heavy atom. The number of rotatable bonds is 8. The largest absolute Gasteiger partial charge is 0.396 e. The molecule has 0 spiro atoms. The molecule has 0 aromatic heterocycles. The molecule has 0 saturated heterocycles. The van der Waals surface area contributed by atoms with E-state index in [-0.39, 0.29) is 11.3 Å². The Balaban J connectivity index is 0.000000290. The van der Waals surface area contributed by atoms with E-state index in [0.717, 1.165) is 43.2 Å². The predicted molar refractivity (Wildman–Crippen MR) is 168 cm³/mol. The molecule has 0 saturated carbocycles. The van der Waals surface area contributed by atoms with E-state index in [1.54, 1.807) is 17.7 Å². The van der Waals surface area contributed by atoms with Crippen LogP contribution in [0.5, 0.6) is 0 Å². The van der Waals surface area contributed by atoms with Crippen molar-refractivity contribution < 1.29 is 14.7 Å². The molecule has 4 rings (SSSR count). The van der Waals surface area contributed by atoms with Crippen LogP contribution in [0.15, 0.2) is 102 Å². The Hall–Kier alpha value is -3.50. The van der Waals surface area contributed by atoms with Gasteiger partial charge in [-0.2, -0.15) is 0 Å². The Morgan fingerprint density at radius 1 is 1.00 bits per heavy atom. The Labute approximate surface area is 241 Å². The lowest BCUT2D eigenvalue weighted by Gasteiger charge is -2.29. The summed E-state index contributed by atoms with van der Waals surface area (Å²) in [5.41, 5.74) is 4.82. The fraction of sp³-hybridized carbons (Fsp3) is 0.389. The van der Waals surface area contributed by atoms with E-state index in [2.05, 4.69) is 50.4 Å². The monoisotopic (exact) mass is 541 g/mol. The highest BCUT2D eigenvalue weighted by Gasteiger charge is 2.25. The summed E-state index contributed by atoms with van der Waals surface area (Å²) in [6, 6.07) is 16.8. The number of amides is 1. The molecule has 0 bridgehead atoms. The van der Waals surface area contributed by atoms with Crippen molar-refractivity contribution in [3.8, 4) is 0 Å². The third kappa shape index (κ3) is 11.7. The number of aliphatic hydroxyl groups is 1. The number of carbonyl (C=O) groups excluding carboxylic acids is 2. The first kappa shape index (κ1) is 32.7. The summed E-state index contributed by atoms with van der Waals surface area (Å²) in [6.45, 7) is 6.80. The van der Waals surface area contributed by atoms with Crippen LogP contribution in [-0.2, 0) is 5.41 Å². The highest BCUT2D eigenvalue weighted by atomic mass is 16.2. The van der Waals surface area contributed by atoms with Gasteiger partial charge in [-0.05, 0) is 68.7 Å². The van der Waals surface area contributed by atoms with E-state index in [1.807, 2.05) is 54.6 Å². The summed E-state index contributed by atoms with van der Waals surface area (Å²) in [6.07, 6.45) is 24.5. The second kappa shape index (κ2) is 18.7. The molecule has 2 aromatic carbocycles. The summed E-state index contributed by atoms with van der Waals surface area (Å²) in [7, 11) is 0. The third-order valence-corrected chi connectivity index (χ3v) is 7.04. The van der Waals surface area contributed by atoms with Crippen LogP contribution in [0.1, 0.15) is 105 Å². The van der Waals surface area contributed by atoms with Crippen LogP contribution >= 0.6 is 0 Å². The van der Waals surface area contributed by atoms with Crippen molar-refractivity contribution >= 4 is 12.2 Å². The molecule has 4 heteroatoms. The first-order valence-electron chi connectivity index (χ1n) is 14.7. The number of allylic oxidation sites excluding steroid dienone is 7. The van der Waals surface area contributed by atoms with Gasteiger partial charge in [-0.15, -0.1) is 0 Å². The van der Waals surface area contributed by atoms with Gasteiger partial charge in [0.05, 0.1) is 0 Å². The Bertz CT molecular complexity index is 1140. The fourth-order valence-corrected chi connectivity index (χ4v) is 4.48. The number of aldehydes is 1. The minimum atomic E-state index is -0.137. The molecule has 2 aliphatic rings. The molecule has 2 N–H and O–H groups in total. The second-order valence-corrected chi connectivity index (χ2v) is 10.5. The lowest BCUT2D eigenvalue weighted by Crippen LogP contribution is -2.26. The van der Waals surface area contributed by atoms with E-state index >= 15 is 0 Å². The van der Waals surface area contributed by atoms with Crippen molar-refractivity contribution in [1.82, 2.24) is 5.32 Å². The van der Waals surface area contributed by atoms with Crippen LogP contribution in [0.3, 0.4) is 0 Å². The summed E-state index contributed by atoms with van der Waals surface area (Å²) < 4.78 is 0. The smallest absolute Gasteiger partial charge is 0.255 e. The molecule has 40 heavy (non-hydrogen) atoms. The predicted octanol–water partition coefficient (Wildman–Crippen LogP) is 8.65. The summed E-state index contributed by atoms with van der Waals surface area (Å²) in [5.74, 6) is -0.106. The summed E-state index contributed by atoms with van der Waals surface area (Å²) >= 11 is 0. The maximum absolute atomic E-state index is 12.2. The molecule has 0 radical (unpaired) electrons. The molecule has 1 amide bonds. The molecule has 214 valence electrons. The molecule has 1 unspecified atom stereocenters. The van der Waals surface area contributed by atoms with Crippen molar-refractivity contribution in [2.45, 2.75) is 84.0 Å². The minimum absolute atomic E-state index is 0.106. The minimum Gasteiger partial charge on any atom is -0.396 e. The Morgan fingerprint density at radius 3 is 2.33 bits per heavy atom. The molecular formula is C36H47NO3. The van der Waals surface area contributed by atoms with Gasteiger partial charge in [0, 0.05) is 28.8 Å². The summed E-state index contributed by atoms with van der Waals surface area (Å²) in [5, 5.41) is 11.0. The lowest BCUT2D eigenvalue weighted by atomic mass is 9.76. The van der Waals surface area contributed by atoms with Crippen molar-refractivity contribution in [1.29, 1.82) is 0 Å². The maximum atomic E-state index is 12.2. The normalized spacial score (nSPS) is 20.0. The van der Waals surface area contributed by atoms with Crippen LogP contribution in [0.4, 0.5) is 0 Å². The molecule has 2 aliphatic carbocycles. The number of benzene rings is 2. The number of aliphatic hydroxyl groups excluding tert-OH is 1. The van der Waals surface area contributed by atoms with Gasteiger partial charge in [-0.25, -0.2) is 0 Å². The van der Waals surface area contributed by atoms with Gasteiger partial charge >= 0.3 is 0 Å². The molecular weight excluding hydrogens is 494 g/mol. The maximum Gasteiger partial charge on any atom is 0.255 e. The van der Waals surface area contributed by atoms with Crippen LogP contribution in [0.25, 0.3) is 0 Å². The van der Waals surface area contributed by atoms with E-state index in [0.29, 0.717) is 17.7 Å². The van der Waals surface area contributed by atoms with Crippen molar-refractivity contribution in [3.63, 3.8) is 0 Å². The zero-order valence-electron chi connectivity index (χ0n) is 24.6. The third-order valence-electron chi connectivity index (χ3n) is 7.04. The van der Waals surface area contributed by atoms with Crippen LogP contribution in [0, 0.1) is 0 Å². The Kier molecular flexibility index (Phi) is 15.3. The number of hydrogen-bond donors (Lipinski definition) is 2. The van der Waals surface area contributed by atoms with E-state index in [9.17, 15) is 9.59 Å². The average molecular weight is 542 g/mol. The highest BCUT2D eigenvalue weighted by molar-refractivity contribution is 5.95. The SMILES string of the molecule is CC1(c2ccc(C=O)cc2)C=CC(NC(=O)c2ccccc2)=CC1.CCC/C1=C/C/C=C\CCC1.CCCCO. The van der Waals surface area contributed by atoms with E-state index < -0.39 is 0 Å². The van der Waals surface area contributed by atoms with Crippen molar-refractivity contribution in [2.24, 2.45) is 0 Å². The molecule has 4 nitrogen and oxygen atoms in total. The topological polar surface area (TPSA) is 66.4 Å². The molecule has 0 fully saturated rings. The van der Waals surface area contributed by atoms with Crippen molar-refractivity contribution in [2.75, 3.05) is 6.61 Å². The van der Waals surface area contributed by atoms with E-state index in [4.69, 9.17) is 5.11 Å². The second-order valence-electron chi connectivity index (χ2n) is 10.5. The quantitative estimate of drug-likeness (QED) is 0.260. The van der Waals surface area contributed by atoms with Gasteiger partial charge in [0.15, 0.2) is 0 Å². The van der Waals surface area contributed by atoms with Crippen molar-refractivity contribution in [3.05, 3.63) is 119 Å². The zero-order valence-corrected chi connectivity index (χ0v) is 24.6. The number of hydrogen-bond acceptors (Lipinski definition) is 3. The van der Waals surface area contributed by atoms with Gasteiger partial charge in [-0.1, -0.05) is 112 Å². The number of nitrogens with one attached hydrogen (secondary N) is 1. The van der Waals surface area contributed by atoms with Crippen LogP contribution < -0.4 is 5.32 Å². The fourth-order valence-electron chi connectivity index (χ4n) is 4.48. The van der Waals surface area contributed by atoms with Gasteiger partial charge in [0.25, 0.3) is 5.91 Å². The molecule has 0 aliphatic heterocycles. The molecule has 0 heterocycles. The average Bonchev–Trinajstić information content (AvgIpc) is 2.97. The van der Waals surface area contributed by atoms with Crippen LogP contribution in [0.2, 0.25) is 0 Å². The standard InChI is InChI=1S/C21H19NO2.C11H18.C4H10O/c1-21(18-9-7-16(15-23)8-10-18)13-11-19(12-14-21)22-20(24)17-5-3-2-4-6-17;1-2-8-11-9-6-4-3-5-7-10-11;1-2-3-4-5/h2-13,15H,14H2,1H3,(H,22,24);3-4,9H,2,5-8,10H2,1H3;5H,2-4H2,1H3/b;4-3-,11-9-;. The summed E-state index contributed by atoms with van der Waals surface area (Å²) in [4.78, 5) is 23.0. The number of unbranched alkanes of at least 4 members (excludes halogenated alkanes) is 1. The van der Waals surface area contributed by atoms with Gasteiger partial charge in [0.1, 0.15) is 6.29 Å². The van der Waals surface area contributed by atoms with E-state index in [1.165, 1.54) is 32.1 Å². The van der Waals surface area contributed by atoms with Gasteiger partial charge in [-0.3, -0.25) is 9.59 Å². The molecule has 2 aromatic rings. The van der Waals surface area contributed by atoms with Gasteiger partial charge in [0.2, 0.25) is 0 Å². The first-order valence-corrected chi connectivity index (χ1v) is 14.7. The molecule has 1 atom stereocenters. The van der Waals surface area contributed by atoms with Gasteiger partial charge < -0.3 is 10.4 Å². The number of carbonyl (C=O) groups is 2. The first-order chi connectivity index (χ1) is 19.5.